The van der Waals surface area contributed by atoms with Gasteiger partial charge in [-0.2, -0.15) is 0 Å². The molecule has 5 nitrogen and oxygen atoms in total. The van der Waals surface area contributed by atoms with E-state index in [0.29, 0.717) is 5.75 Å². The highest BCUT2D eigenvalue weighted by Gasteiger charge is 2.15. The van der Waals surface area contributed by atoms with E-state index in [9.17, 15) is 9.18 Å². The molecule has 0 unspecified atom stereocenters. The summed E-state index contributed by atoms with van der Waals surface area (Å²) in [5.74, 6) is -0.979. The van der Waals surface area contributed by atoms with Gasteiger partial charge >= 0.3 is 5.97 Å². The lowest BCUT2D eigenvalue weighted by Crippen LogP contribution is -2.02. The molecule has 1 aromatic carbocycles. The molecule has 0 saturated heterocycles. The van der Waals surface area contributed by atoms with Crippen molar-refractivity contribution in [3.05, 3.63) is 47.6 Å². The molecule has 0 aliphatic rings. The topological polar surface area (TPSA) is 72.6 Å². The van der Waals surface area contributed by atoms with Crippen molar-refractivity contribution in [3.8, 4) is 5.75 Å². The Kier molecular flexibility index (Phi) is 3.04. The molecule has 0 amide bonds. The zero-order chi connectivity index (χ0) is 12.3. The van der Waals surface area contributed by atoms with E-state index in [1.165, 1.54) is 24.3 Å². The van der Waals surface area contributed by atoms with Crippen LogP contribution in [0.5, 0.6) is 5.75 Å². The van der Waals surface area contributed by atoms with E-state index in [1.54, 1.807) is 0 Å². The third kappa shape index (κ3) is 2.60. The van der Waals surface area contributed by atoms with Crippen molar-refractivity contribution in [1.82, 2.24) is 5.16 Å². The number of halogens is 1. The quantitative estimate of drug-likeness (QED) is 0.881. The fourth-order valence-electron chi connectivity index (χ4n) is 1.22. The molecule has 2 rings (SSSR count). The lowest BCUT2D eigenvalue weighted by Gasteiger charge is -2.03. The van der Waals surface area contributed by atoms with Crippen LogP contribution in [0.1, 0.15) is 16.1 Å². The van der Waals surface area contributed by atoms with Crippen LogP contribution >= 0.6 is 0 Å². The predicted octanol–water partition coefficient (Wildman–Crippen LogP) is 2.09. The van der Waals surface area contributed by atoms with Gasteiger partial charge in [-0.05, 0) is 24.3 Å². The molecule has 0 spiro atoms. The second-order valence-corrected chi connectivity index (χ2v) is 3.21. The number of carboxylic acids is 1. The van der Waals surface area contributed by atoms with E-state index in [0.717, 1.165) is 6.20 Å². The van der Waals surface area contributed by atoms with E-state index in [2.05, 4.69) is 5.16 Å². The summed E-state index contributed by atoms with van der Waals surface area (Å²) in [7, 11) is 0. The van der Waals surface area contributed by atoms with Gasteiger partial charge in [-0.3, -0.25) is 0 Å². The highest BCUT2D eigenvalue weighted by atomic mass is 19.1. The summed E-state index contributed by atoms with van der Waals surface area (Å²) in [6.45, 7) is -0.0761. The average molecular weight is 237 g/mol. The fraction of sp³-hybridized carbons (Fsp3) is 0.0909. The summed E-state index contributed by atoms with van der Waals surface area (Å²) in [6, 6.07) is 5.36. The van der Waals surface area contributed by atoms with Gasteiger partial charge < -0.3 is 14.4 Å². The Morgan fingerprint density at radius 3 is 2.76 bits per heavy atom. The summed E-state index contributed by atoms with van der Waals surface area (Å²) < 4.78 is 22.6. The summed E-state index contributed by atoms with van der Waals surface area (Å²) in [5.41, 5.74) is -0.0490. The third-order valence-electron chi connectivity index (χ3n) is 2.06. The van der Waals surface area contributed by atoms with Gasteiger partial charge in [0.25, 0.3) is 0 Å². The second-order valence-electron chi connectivity index (χ2n) is 3.21. The van der Waals surface area contributed by atoms with Gasteiger partial charge in [0.05, 0.1) is 6.20 Å². The van der Waals surface area contributed by atoms with E-state index < -0.39 is 5.97 Å². The zero-order valence-electron chi connectivity index (χ0n) is 8.59. The second kappa shape index (κ2) is 4.65. The number of aromatic nitrogens is 1. The van der Waals surface area contributed by atoms with Crippen molar-refractivity contribution in [1.29, 1.82) is 0 Å². The summed E-state index contributed by atoms with van der Waals surface area (Å²) >= 11 is 0. The highest BCUT2D eigenvalue weighted by Crippen LogP contribution is 2.15. The molecule has 0 bridgehead atoms. The molecule has 1 heterocycles. The minimum Gasteiger partial charge on any atom is -0.486 e. The van der Waals surface area contributed by atoms with E-state index in [1.807, 2.05) is 0 Å². The largest absolute Gasteiger partial charge is 0.486 e. The molecule has 0 fully saturated rings. The van der Waals surface area contributed by atoms with Crippen molar-refractivity contribution in [3.63, 3.8) is 0 Å². The molecule has 0 atom stereocenters. The van der Waals surface area contributed by atoms with Gasteiger partial charge in [-0.25, -0.2) is 9.18 Å². The van der Waals surface area contributed by atoms with Crippen LogP contribution in [-0.4, -0.2) is 16.2 Å². The monoisotopic (exact) mass is 237 g/mol. The normalized spacial score (nSPS) is 10.2. The average Bonchev–Trinajstić information content (AvgIpc) is 2.76. The number of hydrogen-bond acceptors (Lipinski definition) is 4. The van der Waals surface area contributed by atoms with Crippen LogP contribution in [0.3, 0.4) is 0 Å². The molecule has 6 heteroatoms. The standard InChI is InChI=1S/C11H8FNO4/c12-7-1-3-8(4-2-7)16-6-10-9(11(14)15)5-13-17-10/h1-5H,6H2,(H,14,15). The molecule has 0 radical (unpaired) electrons. The Labute approximate surface area is 95.4 Å². The van der Waals surface area contributed by atoms with Crippen LogP contribution < -0.4 is 4.74 Å². The number of hydrogen-bond donors (Lipinski definition) is 1. The van der Waals surface area contributed by atoms with Crippen LogP contribution in [0.2, 0.25) is 0 Å². The maximum Gasteiger partial charge on any atom is 0.341 e. The van der Waals surface area contributed by atoms with Crippen molar-refractivity contribution < 1.29 is 23.6 Å². The SMILES string of the molecule is O=C(O)c1cnoc1COc1ccc(F)cc1. The van der Waals surface area contributed by atoms with Gasteiger partial charge in [0.1, 0.15) is 23.7 Å². The fourth-order valence-corrected chi connectivity index (χ4v) is 1.22. The lowest BCUT2D eigenvalue weighted by molar-refractivity contribution is 0.0691. The van der Waals surface area contributed by atoms with Gasteiger partial charge in [-0.1, -0.05) is 5.16 Å². The van der Waals surface area contributed by atoms with E-state index in [4.69, 9.17) is 14.4 Å². The van der Waals surface area contributed by atoms with Crippen LogP contribution in [0.15, 0.2) is 35.0 Å². The highest BCUT2D eigenvalue weighted by molar-refractivity contribution is 5.88. The van der Waals surface area contributed by atoms with Crippen molar-refractivity contribution >= 4 is 5.97 Å². The Bertz CT molecular complexity index is 521. The van der Waals surface area contributed by atoms with E-state index in [-0.39, 0.29) is 23.7 Å². The maximum absolute atomic E-state index is 12.6. The van der Waals surface area contributed by atoms with Crippen LogP contribution in [0.4, 0.5) is 4.39 Å². The first kappa shape index (κ1) is 11.1. The first-order chi connectivity index (χ1) is 8.16. The third-order valence-corrected chi connectivity index (χ3v) is 2.06. The van der Waals surface area contributed by atoms with Gasteiger partial charge in [0, 0.05) is 0 Å². The number of rotatable bonds is 4. The Morgan fingerprint density at radius 1 is 1.41 bits per heavy atom. The number of benzene rings is 1. The predicted molar refractivity (Wildman–Crippen MR) is 54.2 cm³/mol. The molecular formula is C11H8FNO4. The molecule has 0 aliphatic carbocycles. The van der Waals surface area contributed by atoms with Crippen LogP contribution in [-0.2, 0) is 6.61 Å². The molecule has 0 aliphatic heterocycles. The summed E-state index contributed by atoms with van der Waals surface area (Å²) in [4.78, 5) is 10.7. The molecule has 1 N–H and O–H groups in total. The van der Waals surface area contributed by atoms with Crippen LogP contribution in [0, 0.1) is 5.82 Å². The van der Waals surface area contributed by atoms with E-state index >= 15 is 0 Å². The number of nitrogens with zero attached hydrogens (tertiary/aromatic N) is 1. The molecular weight excluding hydrogens is 229 g/mol. The maximum atomic E-state index is 12.6. The minimum absolute atomic E-state index is 0.0490. The summed E-state index contributed by atoms with van der Waals surface area (Å²) in [5, 5.41) is 12.2. The first-order valence-electron chi connectivity index (χ1n) is 4.72. The summed E-state index contributed by atoms with van der Waals surface area (Å²) in [6.07, 6.45) is 1.10. The number of ether oxygens (including phenoxy) is 1. The Morgan fingerprint density at radius 2 is 2.12 bits per heavy atom. The molecule has 2 aromatic rings. The van der Waals surface area contributed by atoms with Gasteiger partial charge in [-0.15, -0.1) is 0 Å². The smallest absolute Gasteiger partial charge is 0.341 e. The molecule has 1 aromatic heterocycles. The minimum atomic E-state index is -1.14. The van der Waals surface area contributed by atoms with Gasteiger partial charge in [0.15, 0.2) is 5.76 Å². The molecule has 0 saturated carbocycles. The number of carboxylic acid groups (broad SMARTS) is 1. The number of aromatic carboxylic acids is 1. The van der Waals surface area contributed by atoms with Gasteiger partial charge in [0.2, 0.25) is 0 Å². The lowest BCUT2D eigenvalue weighted by atomic mass is 10.3. The Hall–Kier alpha value is -2.37. The van der Waals surface area contributed by atoms with Crippen LogP contribution in [0.25, 0.3) is 0 Å². The first-order valence-corrected chi connectivity index (χ1v) is 4.72. The zero-order valence-corrected chi connectivity index (χ0v) is 8.59. The van der Waals surface area contributed by atoms with Crippen molar-refractivity contribution in [2.24, 2.45) is 0 Å². The molecule has 17 heavy (non-hydrogen) atoms. The number of carbonyl (C=O) groups is 1. The van der Waals surface area contributed by atoms with Crippen molar-refractivity contribution in [2.75, 3.05) is 0 Å². The van der Waals surface area contributed by atoms with Crippen molar-refractivity contribution in [2.45, 2.75) is 6.61 Å². The molecule has 88 valence electrons. The Balaban J connectivity index is 2.05.